The Bertz CT molecular complexity index is 147. The van der Waals surface area contributed by atoms with Gasteiger partial charge in [-0.1, -0.05) is 13.8 Å². The Balaban J connectivity index is 3.91. The molecule has 0 aliphatic heterocycles. The van der Waals surface area contributed by atoms with Crippen LogP contribution in [0.3, 0.4) is 0 Å². The molecular weight excluding hydrogens is 158 g/mol. The standard InChI is InChI=1S/C8H17NO3/c1-5(2)4-6(9)7(10)8(11)12-3/h5-7,10H,4,9H2,1-3H3/t6-,7?/m0/s1. The van der Waals surface area contributed by atoms with Gasteiger partial charge in [0.2, 0.25) is 0 Å². The lowest BCUT2D eigenvalue weighted by atomic mass is 10.0. The molecule has 12 heavy (non-hydrogen) atoms. The quantitative estimate of drug-likeness (QED) is 0.585. The van der Waals surface area contributed by atoms with E-state index in [1.807, 2.05) is 13.8 Å². The van der Waals surface area contributed by atoms with Gasteiger partial charge in [-0.15, -0.1) is 0 Å². The molecule has 0 amide bonds. The molecule has 0 fully saturated rings. The number of esters is 1. The first-order valence-corrected chi connectivity index (χ1v) is 4.00. The van der Waals surface area contributed by atoms with Crippen molar-refractivity contribution in [1.29, 1.82) is 0 Å². The fourth-order valence-corrected chi connectivity index (χ4v) is 0.969. The highest BCUT2D eigenvalue weighted by molar-refractivity contribution is 5.75. The number of rotatable bonds is 4. The van der Waals surface area contributed by atoms with Crippen LogP contribution in [-0.2, 0) is 9.53 Å². The molecule has 0 aliphatic carbocycles. The van der Waals surface area contributed by atoms with E-state index in [0.717, 1.165) is 0 Å². The van der Waals surface area contributed by atoms with Gasteiger partial charge >= 0.3 is 5.97 Å². The maximum absolute atomic E-state index is 10.8. The summed E-state index contributed by atoms with van der Waals surface area (Å²) in [6, 6.07) is -0.530. The minimum atomic E-state index is -1.20. The summed E-state index contributed by atoms with van der Waals surface area (Å²) in [7, 11) is 1.23. The largest absolute Gasteiger partial charge is 0.467 e. The van der Waals surface area contributed by atoms with E-state index in [1.54, 1.807) is 0 Å². The number of carbonyl (C=O) groups excluding carboxylic acids is 1. The van der Waals surface area contributed by atoms with Gasteiger partial charge in [-0.3, -0.25) is 0 Å². The minimum Gasteiger partial charge on any atom is -0.467 e. The zero-order valence-electron chi connectivity index (χ0n) is 7.78. The molecule has 0 rings (SSSR count). The molecule has 3 N–H and O–H groups in total. The van der Waals surface area contributed by atoms with Gasteiger partial charge in [0, 0.05) is 6.04 Å². The van der Waals surface area contributed by atoms with E-state index in [9.17, 15) is 9.90 Å². The predicted molar refractivity (Wildman–Crippen MR) is 45.5 cm³/mol. The first-order valence-electron chi connectivity index (χ1n) is 4.00. The van der Waals surface area contributed by atoms with Crippen molar-refractivity contribution in [2.45, 2.75) is 32.4 Å². The monoisotopic (exact) mass is 175 g/mol. The van der Waals surface area contributed by atoms with E-state index in [1.165, 1.54) is 7.11 Å². The second-order valence-electron chi connectivity index (χ2n) is 3.26. The molecule has 0 aliphatic rings. The molecule has 2 atom stereocenters. The van der Waals surface area contributed by atoms with E-state index < -0.39 is 18.1 Å². The SMILES string of the molecule is COC(=O)C(O)[C@@H](N)CC(C)C. The fraction of sp³-hybridized carbons (Fsp3) is 0.875. The van der Waals surface area contributed by atoms with E-state index in [-0.39, 0.29) is 0 Å². The second-order valence-corrected chi connectivity index (χ2v) is 3.26. The highest BCUT2D eigenvalue weighted by atomic mass is 16.5. The smallest absolute Gasteiger partial charge is 0.336 e. The van der Waals surface area contributed by atoms with Gasteiger partial charge in [-0.05, 0) is 12.3 Å². The average Bonchev–Trinajstić information content (AvgIpc) is 2.00. The summed E-state index contributed by atoms with van der Waals surface area (Å²) in [6.45, 7) is 3.95. The number of nitrogens with two attached hydrogens (primary N) is 1. The molecule has 1 unspecified atom stereocenters. The van der Waals surface area contributed by atoms with Crippen LogP contribution in [0.5, 0.6) is 0 Å². The zero-order valence-corrected chi connectivity index (χ0v) is 7.78. The van der Waals surface area contributed by atoms with Gasteiger partial charge in [0.1, 0.15) is 0 Å². The fourth-order valence-electron chi connectivity index (χ4n) is 0.969. The van der Waals surface area contributed by atoms with Gasteiger partial charge in [-0.25, -0.2) is 4.79 Å². The number of methoxy groups -OCH3 is 1. The molecule has 0 aromatic carbocycles. The molecular formula is C8H17NO3. The van der Waals surface area contributed by atoms with Crippen molar-refractivity contribution in [3.8, 4) is 0 Å². The lowest BCUT2D eigenvalue weighted by Crippen LogP contribution is -2.41. The third kappa shape index (κ3) is 3.69. The highest BCUT2D eigenvalue weighted by Gasteiger charge is 2.23. The molecule has 0 aromatic heterocycles. The molecule has 0 heterocycles. The molecule has 4 heteroatoms. The van der Waals surface area contributed by atoms with Crippen molar-refractivity contribution in [3.63, 3.8) is 0 Å². The van der Waals surface area contributed by atoms with Crippen LogP contribution in [-0.4, -0.2) is 30.3 Å². The van der Waals surface area contributed by atoms with Gasteiger partial charge < -0.3 is 15.6 Å². The Labute approximate surface area is 72.7 Å². The summed E-state index contributed by atoms with van der Waals surface area (Å²) in [5, 5.41) is 9.24. The van der Waals surface area contributed by atoms with Gasteiger partial charge in [-0.2, -0.15) is 0 Å². The second kappa shape index (κ2) is 5.11. The van der Waals surface area contributed by atoms with Crippen LogP contribution in [0, 0.1) is 5.92 Å². The maximum atomic E-state index is 10.8. The maximum Gasteiger partial charge on any atom is 0.336 e. The van der Waals surface area contributed by atoms with Crippen LogP contribution in [0.15, 0.2) is 0 Å². The Morgan fingerprint density at radius 2 is 2.08 bits per heavy atom. The molecule has 72 valence electrons. The zero-order chi connectivity index (χ0) is 9.72. The van der Waals surface area contributed by atoms with Crippen molar-refractivity contribution >= 4 is 5.97 Å². The van der Waals surface area contributed by atoms with Crippen LogP contribution >= 0.6 is 0 Å². The number of hydrogen-bond acceptors (Lipinski definition) is 4. The molecule has 0 saturated carbocycles. The Hall–Kier alpha value is -0.610. The molecule has 0 saturated heterocycles. The molecule has 0 aromatic rings. The van der Waals surface area contributed by atoms with Crippen LogP contribution in [0.25, 0.3) is 0 Å². The summed E-state index contributed by atoms with van der Waals surface area (Å²) < 4.78 is 4.35. The number of aliphatic hydroxyl groups is 1. The number of aliphatic hydroxyl groups excluding tert-OH is 1. The molecule has 0 spiro atoms. The van der Waals surface area contributed by atoms with E-state index in [2.05, 4.69) is 4.74 Å². The highest BCUT2D eigenvalue weighted by Crippen LogP contribution is 2.06. The minimum absolute atomic E-state index is 0.360. The molecule has 0 radical (unpaired) electrons. The Morgan fingerprint density at radius 1 is 1.58 bits per heavy atom. The van der Waals surface area contributed by atoms with Gasteiger partial charge in [0.15, 0.2) is 6.10 Å². The number of hydrogen-bond donors (Lipinski definition) is 2. The lowest BCUT2D eigenvalue weighted by Gasteiger charge is -2.17. The molecule has 4 nitrogen and oxygen atoms in total. The normalized spacial score (nSPS) is 15.8. The van der Waals surface area contributed by atoms with Crippen LogP contribution in [0.4, 0.5) is 0 Å². The third-order valence-electron chi connectivity index (χ3n) is 1.59. The number of carbonyl (C=O) groups is 1. The average molecular weight is 175 g/mol. The summed E-state index contributed by atoms with van der Waals surface area (Å²) in [5.74, 6) is -0.303. The van der Waals surface area contributed by atoms with Crippen molar-refractivity contribution in [3.05, 3.63) is 0 Å². The number of ether oxygens (including phenoxy) is 1. The van der Waals surface area contributed by atoms with E-state index in [0.29, 0.717) is 12.3 Å². The topological polar surface area (TPSA) is 72.5 Å². The van der Waals surface area contributed by atoms with Crippen LogP contribution in [0.2, 0.25) is 0 Å². The summed E-state index contributed by atoms with van der Waals surface area (Å²) in [6.07, 6.45) is -0.589. The van der Waals surface area contributed by atoms with Gasteiger partial charge in [0.25, 0.3) is 0 Å². The van der Waals surface area contributed by atoms with Crippen molar-refractivity contribution < 1.29 is 14.6 Å². The van der Waals surface area contributed by atoms with Gasteiger partial charge in [0.05, 0.1) is 7.11 Å². The van der Waals surface area contributed by atoms with Crippen LogP contribution in [0.1, 0.15) is 20.3 Å². The lowest BCUT2D eigenvalue weighted by molar-refractivity contribution is -0.151. The predicted octanol–water partition coefficient (Wildman–Crippen LogP) is -0.106. The Kier molecular flexibility index (Phi) is 4.85. The summed E-state index contributed by atoms with van der Waals surface area (Å²) in [5.41, 5.74) is 5.54. The third-order valence-corrected chi connectivity index (χ3v) is 1.59. The van der Waals surface area contributed by atoms with Crippen molar-refractivity contribution in [2.75, 3.05) is 7.11 Å². The summed E-state index contributed by atoms with van der Waals surface area (Å²) in [4.78, 5) is 10.8. The van der Waals surface area contributed by atoms with Crippen molar-refractivity contribution in [1.82, 2.24) is 0 Å². The van der Waals surface area contributed by atoms with E-state index in [4.69, 9.17) is 5.73 Å². The first-order chi connectivity index (χ1) is 5.49. The van der Waals surface area contributed by atoms with Crippen LogP contribution < -0.4 is 5.73 Å². The first kappa shape index (κ1) is 11.4. The Morgan fingerprint density at radius 3 is 2.42 bits per heavy atom. The molecule has 0 bridgehead atoms. The summed E-state index contributed by atoms with van der Waals surface area (Å²) >= 11 is 0. The van der Waals surface area contributed by atoms with Crippen molar-refractivity contribution in [2.24, 2.45) is 11.7 Å². The van der Waals surface area contributed by atoms with E-state index >= 15 is 0 Å².